The minimum atomic E-state index is -0.310. The molecule has 1 aromatic rings. The lowest BCUT2D eigenvalue weighted by Crippen LogP contribution is -2.55. The summed E-state index contributed by atoms with van der Waals surface area (Å²) in [7, 11) is 0. The van der Waals surface area contributed by atoms with E-state index in [0.29, 0.717) is 25.7 Å². The number of carbonyl (C=O) groups is 1. The number of nitrogens with zero attached hydrogens (tertiary/aromatic N) is 2. The van der Waals surface area contributed by atoms with Crippen molar-refractivity contribution in [1.29, 1.82) is 0 Å². The minimum absolute atomic E-state index is 0.0163. The number of aliphatic hydroxyl groups is 1. The van der Waals surface area contributed by atoms with Gasteiger partial charge in [-0.2, -0.15) is 0 Å². The molecule has 0 aromatic carbocycles. The molecular weight excluding hydrogens is 270 g/mol. The highest BCUT2D eigenvalue weighted by Crippen LogP contribution is 2.09. The lowest BCUT2D eigenvalue weighted by Gasteiger charge is -2.40. The van der Waals surface area contributed by atoms with Gasteiger partial charge in [-0.25, -0.2) is 0 Å². The van der Waals surface area contributed by atoms with Crippen molar-refractivity contribution in [2.45, 2.75) is 32.5 Å². The molecule has 1 aliphatic heterocycles. The van der Waals surface area contributed by atoms with Crippen LogP contribution < -0.4 is 5.32 Å². The minimum Gasteiger partial charge on any atom is -0.467 e. The highest BCUT2D eigenvalue weighted by Gasteiger charge is 2.25. The lowest BCUT2D eigenvalue weighted by atomic mass is 10.1. The summed E-state index contributed by atoms with van der Waals surface area (Å²) < 4.78 is 5.18. The van der Waals surface area contributed by atoms with Gasteiger partial charge in [-0.15, -0.1) is 0 Å². The zero-order valence-electron chi connectivity index (χ0n) is 12.8. The summed E-state index contributed by atoms with van der Waals surface area (Å²) in [6.45, 7) is 8.07. The third kappa shape index (κ3) is 5.15. The van der Waals surface area contributed by atoms with E-state index in [1.54, 1.807) is 13.2 Å². The van der Waals surface area contributed by atoms with E-state index in [1.807, 2.05) is 12.1 Å². The molecule has 2 atom stereocenters. The molecule has 0 radical (unpaired) electrons. The van der Waals surface area contributed by atoms with Crippen LogP contribution in [0.1, 0.15) is 19.6 Å². The zero-order valence-corrected chi connectivity index (χ0v) is 12.8. The first-order chi connectivity index (χ1) is 10.0. The zero-order chi connectivity index (χ0) is 15.2. The normalized spacial score (nSPS) is 22.1. The van der Waals surface area contributed by atoms with Crippen molar-refractivity contribution in [1.82, 2.24) is 15.1 Å². The van der Waals surface area contributed by atoms with Crippen molar-refractivity contribution in [3.63, 3.8) is 0 Å². The molecule has 118 valence electrons. The Morgan fingerprint density at radius 1 is 1.57 bits per heavy atom. The number of amides is 1. The van der Waals surface area contributed by atoms with Gasteiger partial charge in [0.2, 0.25) is 5.91 Å². The second-order valence-corrected chi connectivity index (χ2v) is 5.78. The smallest absolute Gasteiger partial charge is 0.234 e. The molecule has 1 saturated heterocycles. The van der Waals surface area contributed by atoms with Crippen LogP contribution in [0.25, 0.3) is 0 Å². The highest BCUT2D eigenvalue weighted by atomic mass is 16.3. The van der Waals surface area contributed by atoms with Crippen LogP contribution >= 0.6 is 0 Å². The summed E-state index contributed by atoms with van der Waals surface area (Å²) in [5, 5.41) is 12.3. The maximum atomic E-state index is 11.9. The number of β-amino-alcohol motifs (C(OH)–C–C–N with tert-alkyl or cyclic N) is 1. The number of hydrogen-bond donors (Lipinski definition) is 2. The Balaban J connectivity index is 1.70. The molecule has 0 unspecified atom stereocenters. The summed E-state index contributed by atoms with van der Waals surface area (Å²) in [5.41, 5.74) is 0. The van der Waals surface area contributed by atoms with Gasteiger partial charge in [0.15, 0.2) is 0 Å². The van der Waals surface area contributed by atoms with E-state index in [-0.39, 0.29) is 12.0 Å². The average molecular weight is 295 g/mol. The molecule has 0 aliphatic carbocycles. The van der Waals surface area contributed by atoms with Gasteiger partial charge in [0, 0.05) is 32.2 Å². The van der Waals surface area contributed by atoms with Crippen LogP contribution in [0.4, 0.5) is 0 Å². The van der Waals surface area contributed by atoms with Gasteiger partial charge in [-0.05, 0) is 26.0 Å². The molecule has 1 amide bonds. The van der Waals surface area contributed by atoms with Crippen LogP contribution in [0.2, 0.25) is 0 Å². The van der Waals surface area contributed by atoms with E-state index in [2.05, 4.69) is 22.0 Å². The van der Waals surface area contributed by atoms with E-state index in [9.17, 15) is 9.90 Å². The van der Waals surface area contributed by atoms with Gasteiger partial charge >= 0.3 is 0 Å². The van der Waals surface area contributed by atoms with Crippen molar-refractivity contribution in [2.75, 3.05) is 32.7 Å². The number of carbonyl (C=O) groups excluding carboxylic acids is 1. The number of nitrogens with one attached hydrogen (secondary N) is 1. The van der Waals surface area contributed by atoms with Gasteiger partial charge in [-0.3, -0.25) is 14.6 Å². The van der Waals surface area contributed by atoms with Crippen molar-refractivity contribution < 1.29 is 14.3 Å². The monoisotopic (exact) mass is 295 g/mol. The Morgan fingerprint density at radius 3 is 3.00 bits per heavy atom. The number of aliphatic hydroxyl groups excluding tert-OH is 1. The van der Waals surface area contributed by atoms with E-state index in [4.69, 9.17) is 4.42 Å². The fraction of sp³-hybridized carbons (Fsp3) is 0.667. The Morgan fingerprint density at radius 2 is 2.38 bits per heavy atom. The van der Waals surface area contributed by atoms with Gasteiger partial charge in [0.05, 0.1) is 25.5 Å². The van der Waals surface area contributed by atoms with Gasteiger partial charge in [-0.1, -0.05) is 0 Å². The quantitative estimate of drug-likeness (QED) is 0.789. The van der Waals surface area contributed by atoms with Gasteiger partial charge in [0.1, 0.15) is 5.76 Å². The van der Waals surface area contributed by atoms with Crippen molar-refractivity contribution in [2.24, 2.45) is 0 Å². The third-order valence-electron chi connectivity index (χ3n) is 3.76. The van der Waals surface area contributed by atoms with Crippen molar-refractivity contribution >= 4 is 5.91 Å². The second kappa shape index (κ2) is 7.59. The first-order valence-electron chi connectivity index (χ1n) is 7.48. The molecule has 6 nitrogen and oxygen atoms in total. The predicted octanol–water partition coefficient (Wildman–Crippen LogP) is 0.283. The predicted molar refractivity (Wildman–Crippen MR) is 79.7 cm³/mol. The van der Waals surface area contributed by atoms with Gasteiger partial charge < -0.3 is 14.8 Å². The molecule has 0 spiro atoms. The fourth-order valence-electron chi connectivity index (χ4n) is 2.68. The van der Waals surface area contributed by atoms with Crippen molar-refractivity contribution in [3.8, 4) is 0 Å². The van der Waals surface area contributed by atoms with E-state index in [0.717, 1.165) is 25.4 Å². The van der Waals surface area contributed by atoms with E-state index >= 15 is 0 Å². The summed E-state index contributed by atoms with van der Waals surface area (Å²) in [6.07, 6.45) is 1.29. The summed E-state index contributed by atoms with van der Waals surface area (Å²) in [4.78, 5) is 16.3. The molecule has 1 fully saturated rings. The van der Waals surface area contributed by atoms with Crippen LogP contribution in [0.15, 0.2) is 22.8 Å². The molecule has 2 N–H and O–H groups in total. The Hall–Kier alpha value is -1.37. The molecule has 21 heavy (non-hydrogen) atoms. The summed E-state index contributed by atoms with van der Waals surface area (Å²) >= 11 is 0. The van der Waals surface area contributed by atoms with Crippen LogP contribution in [0, 0.1) is 0 Å². The maximum Gasteiger partial charge on any atom is 0.234 e. The summed E-state index contributed by atoms with van der Waals surface area (Å²) in [6, 6.07) is 4.01. The SMILES string of the molecule is C[C@@H]1CN(CC(=O)NCc2ccco2)CCN1C[C@@H](C)O. The van der Waals surface area contributed by atoms with Gasteiger partial charge in [0.25, 0.3) is 0 Å². The number of furan rings is 1. The maximum absolute atomic E-state index is 11.9. The van der Waals surface area contributed by atoms with Crippen LogP contribution in [0.3, 0.4) is 0 Å². The number of rotatable bonds is 6. The Bertz CT molecular complexity index is 433. The second-order valence-electron chi connectivity index (χ2n) is 5.78. The van der Waals surface area contributed by atoms with Crippen LogP contribution in [-0.2, 0) is 11.3 Å². The Labute approximate surface area is 125 Å². The molecule has 2 rings (SSSR count). The largest absolute Gasteiger partial charge is 0.467 e. The van der Waals surface area contributed by atoms with Crippen molar-refractivity contribution in [3.05, 3.63) is 24.2 Å². The topological polar surface area (TPSA) is 69.0 Å². The third-order valence-corrected chi connectivity index (χ3v) is 3.76. The van der Waals surface area contributed by atoms with E-state index < -0.39 is 0 Å². The number of hydrogen-bond acceptors (Lipinski definition) is 5. The number of piperazine rings is 1. The van der Waals surface area contributed by atoms with Crippen LogP contribution in [-0.4, -0.2) is 65.7 Å². The Kier molecular flexibility index (Phi) is 5.78. The molecular formula is C15H25N3O3. The molecule has 6 heteroatoms. The fourth-order valence-corrected chi connectivity index (χ4v) is 2.68. The molecule has 0 saturated carbocycles. The first-order valence-corrected chi connectivity index (χ1v) is 7.48. The van der Waals surface area contributed by atoms with Crippen LogP contribution in [0.5, 0.6) is 0 Å². The molecule has 2 heterocycles. The highest BCUT2D eigenvalue weighted by molar-refractivity contribution is 5.77. The molecule has 1 aromatic heterocycles. The molecule has 1 aliphatic rings. The summed E-state index contributed by atoms with van der Waals surface area (Å²) in [5.74, 6) is 0.779. The lowest BCUT2D eigenvalue weighted by molar-refractivity contribution is -0.123. The first kappa shape index (κ1) is 16.0. The molecule has 0 bridgehead atoms. The van der Waals surface area contributed by atoms with E-state index in [1.165, 1.54) is 0 Å². The average Bonchev–Trinajstić information content (AvgIpc) is 2.92. The standard InChI is InChI=1S/C15H25N3O3/c1-12-9-17(5-6-18(12)10-13(2)19)11-15(20)16-8-14-4-3-7-21-14/h3-4,7,12-13,19H,5-6,8-11H2,1-2H3,(H,16,20)/t12-,13-/m1/s1.